The molecule has 6 nitrogen and oxygen atoms in total. The van der Waals surface area contributed by atoms with Crippen LogP contribution >= 0.6 is 0 Å². The summed E-state index contributed by atoms with van der Waals surface area (Å²) in [6.45, 7) is 2.34. The molecule has 0 aliphatic rings. The first-order valence-electron chi connectivity index (χ1n) is 9.63. The number of rotatable bonds is 9. The highest BCUT2D eigenvalue weighted by Crippen LogP contribution is 2.17. The Labute approximate surface area is 177 Å². The van der Waals surface area contributed by atoms with Crippen LogP contribution in [-0.4, -0.2) is 27.0 Å². The fraction of sp³-hybridized carbons (Fsp3) is 0.174. The van der Waals surface area contributed by atoms with Gasteiger partial charge in [-0.1, -0.05) is 48.5 Å². The molecule has 1 amide bonds. The third kappa shape index (κ3) is 5.92. The van der Waals surface area contributed by atoms with Crippen LogP contribution in [0.3, 0.4) is 0 Å². The summed E-state index contributed by atoms with van der Waals surface area (Å²) in [5.74, 6) is 0.152. The van der Waals surface area contributed by atoms with Crippen molar-refractivity contribution in [2.75, 3.05) is 11.9 Å². The second kappa shape index (κ2) is 10.0. The van der Waals surface area contributed by atoms with Crippen LogP contribution in [0.2, 0.25) is 0 Å². The van der Waals surface area contributed by atoms with Crippen LogP contribution in [0.25, 0.3) is 0 Å². The Hall–Kier alpha value is -3.16. The molecular weight excluding hydrogens is 400 g/mol. The van der Waals surface area contributed by atoms with Crippen molar-refractivity contribution in [3.63, 3.8) is 0 Å². The summed E-state index contributed by atoms with van der Waals surface area (Å²) in [5, 5.41) is 2.78. The summed E-state index contributed by atoms with van der Waals surface area (Å²) in [4.78, 5) is 13.0. The first-order chi connectivity index (χ1) is 14.5. The number of ether oxygens (including phenoxy) is 1. The number of hydrogen-bond acceptors (Lipinski definition) is 4. The lowest BCUT2D eigenvalue weighted by Crippen LogP contribution is -2.45. The Morgan fingerprint density at radius 3 is 2.10 bits per heavy atom. The minimum Gasteiger partial charge on any atom is -0.494 e. The van der Waals surface area contributed by atoms with Crippen LogP contribution in [0.15, 0.2) is 89.8 Å². The minimum atomic E-state index is -3.91. The van der Waals surface area contributed by atoms with Crippen molar-refractivity contribution in [2.45, 2.75) is 24.3 Å². The van der Waals surface area contributed by atoms with Crippen molar-refractivity contribution in [3.05, 3.63) is 90.5 Å². The molecule has 0 aliphatic heterocycles. The van der Waals surface area contributed by atoms with E-state index in [-0.39, 0.29) is 11.3 Å². The molecule has 0 unspecified atom stereocenters. The van der Waals surface area contributed by atoms with Gasteiger partial charge in [0.1, 0.15) is 11.8 Å². The van der Waals surface area contributed by atoms with Gasteiger partial charge < -0.3 is 10.1 Å². The third-order valence-corrected chi connectivity index (χ3v) is 5.87. The number of amides is 1. The van der Waals surface area contributed by atoms with Gasteiger partial charge in [0.05, 0.1) is 11.5 Å². The van der Waals surface area contributed by atoms with Gasteiger partial charge in [-0.2, -0.15) is 4.72 Å². The van der Waals surface area contributed by atoms with E-state index in [4.69, 9.17) is 4.74 Å². The maximum absolute atomic E-state index is 12.9. The Bertz CT molecular complexity index is 1050. The monoisotopic (exact) mass is 424 g/mol. The maximum atomic E-state index is 12.9. The quantitative estimate of drug-likeness (QED) is 0.550. The average molecular weight is 425 g/mol. The van der Waals surface area contributed by atoms with Gasteiger partial charge in [0.25, 0.3) is 0 Å². The zero-order chi connectivity index (χ0) is 21.4. The molecule has 0 bridgehead atoms. The van der Waals surface area contributed by atoms with E-state index >= 15 is 0 Å². The summed E-state index contributed by atoms with van der Waals surface area (Å²) < 4.78 is 33.8. The number of sulfonamides is 1. The Morgan fingerprint density at radius 1 is 0.900 bits per heavy atom. The molecule has 3 aromatic rings. The Morgan fingerprint density at radius 2 is 1.50 bits per heavy atom. The molecule has 0 saturated carbocycles. The van der Waals surface area contributed by atoms with Crippen molar-refractivity contribution in [3.8, 4) is 5.75 Å². The van der Waals surface area contributed by atoms with Crippen LogP contribution in [0.4, 0.5) is 5.69 Å². The number of anilines is 1. The number of nitrogens with one attached hydrogen (secondary N) is 2. The highest BCUT2D eigenvalue weighted by atomic mass is 32.2. The van der Waals surface area contributed by atoms with E-state index in [1.54, 1.807) is 36.4 Å². The van der Waals surface area contributed by atoms with Crippen LogP contribution in [0.1, 0.15) is 12.5 Å². The average Bonchev–Trinajstić information content (AvgIpc) is 2.75. The van der Waals surface area contributed by atoms with Crippen LogP contribution < -0.4 is 14.8 Å². The van der Waals surface area contributed by atoms with Gasteiger partial charge >= 0.3 is 0 Å². The first-order valence-corrected chi connectivity index (χ1v) is 11.1. The summed E-state index contributed by atoms with van der Waals surface area (Å²) in [7, 11) is -3.91. The highest BCUT2D eigenvalue weighted by Gasteiger charge is 2.26. The maximum Gasteiger partial charge on any atom is 0.242 e. The lowest BCUT2D eigenvalue weighted by Gasteiger charge is -2.19. The fourth-order valence-electron chi connectivity index (χ4n) is 2.93. The third-order valence-electron chi connectivity index (χ3n) is 4.38. The summed E-state index contributed by atoms with van der Waals surface area (Å²) in [5.41, 5.74) is 1.45. The van der Waals surface area contributed by atoms with Crippen molar-refractivity contribution in [1.29, 1.82) is 0 Å². The second-order valence-corrected chi connectivity index (χ2v) is 8.34. The molecule has 3 rings (SSSR count). The number of para-hydroxylation sites is 1. The number of carbonyl (C=O) groups excluding carboxylic acids is 1. The van der Waals surface area contributed by atoms with Gasteiger partial charge in [-0.05, 0) is 55.3 Å². The zero-order valence-electron chi connectivity index (χ0n) is 16.6. The van der Waals surface area contributed by atoms with Crippen molar-refractivity contribution in [2.24, 2.45) is 0 Å². The molecule has 0 fully saturated rings. The van der Waals surface area contributed by atoms with Crippen molar-refractivity contribution >= 4 is 21.6 Å². The number of hydrogen-bond donors (Lipinski definition) is 2. The first kappa shape index (κ1) is 21.5. The van der Waals surface area contributed by atoms with Gasteiger partial charge in [-0.25, -0.2) is 8.42 Å². The van der Waals surface area contributed by atoms with E-state index in [2.05, 4.69) is 10.0 Å². The molecule has 2 N–H and O–H groups in total. The predicted octanol–water partition coefficient (Wildman–Crippen LogP) is 3.61. The standard InChI is InChI=1S/C23H24N2O4S/c1-2-29-20-13-15-21(16-14-20)30(27,28)25-22(17-18-9-5-3-6-10-18)23(26)24-19-11-7-4-8-12-19/h3-16,22,25H,2,17H2,1H3,(H,24,26)/t22-/m1/s1. The van der Waals surface area contributed by atoms with Crippen LogP contribution in [0.5, 0.6) is 5.75 Å². The van der Waals surface area contributed by atoms with E-state index in [0.29, 0.717) is 18.0 Å². The molecule has 156 valence electrons. The topological polar surface area (TPSA) is 84.5 Å². The minimum absolute atomic E-state index is 0.0662. The molecule has 0 radical (unpaired) electrons. The van der Waals surface area contributed by atoms with Gasteiger partial charge in [-0.15, -0.1) is 0 Å². The molecule has 1 atom stereocenters. The van der Waals surface area contributed by atoms with E-state index in [1.165, 1.54) is 12.1 Å². The Kier molecular flexibility index (Phi) is 7.21. The van der Waals surface area contributed by atoms with Crippen LogP contribution in [-0.2, 0) is 21.2 Å². The van der Waals surface area contributed by atoms with Gasteiger partial charge in [-0.3, -0.25) is 4.79 Å². The number of carbonyl (C=O) groups is 1. The lowest BCUT2D eigenvalue weighted by atomic mass is 10.1. The molecule has 30 heavy (non-hydrogen) atoms. The van der Waals surface area contributed by atoms with Gasteiger partial charge in [0, 0.05) is 5.69 Å². The fourth-order valence-corrected chi connectivity index (χ4v) is 4.12. The lowest BCUT2D eigenvalue weighted by molar-refractivity contribution is -0.117. The highest BCUT2D eigenvalue weighted by molar-refractivity contribution is 7.89. The van der Waals surface area contributed by atoms with E-state index in [9.17, 15) is 13.2 Å². The summed E-state index contributed by atoms with van der Waals surface area (Å²) >= 11 is 0. The SMILES string of the molecule is CCOc1ccc(S(=O)(=O)N[C@H](Cc2ccccc2)C(=O)Nc2ccccc2)cc1. The number of benzene rings is 3. The Balaban J connectivity index is 1.82. The van der Waals surface area contributed by atoms with Gasteiger partial charge in [0.15, 0.2) is 0 Å². The van der Waals surface area contributed by atoms with E-state index in [0.717, 1.165) is 5.56 Å². The summed E-state index contributed by atoms with van der Waals surface area (Å²) in [6, 6.07) is 23.3. The zero-order valence-corrected chi connectivity index (χ0v) is 17.4. The molecule has 0 aromatic heterocycles. The van der Waals surface area contributed by atoms with Crippen molar-refractivity contribution < 1.29 is 17.9 Å². The van der Waals surface area contributed by atoms with Crippen molar-refractivity contribution in [1.82, 2.24) is 4.72 Å². The van der Waals surface area contributed by atoms with E-state index < -0.39 is 22.0 Å². The molecule has 7 heteroatoms. The van der Waals surface area contributed by atoms with Crippen LogP contribution in [0, 0.1) is 0 Å². The largest absolute Gasteiger partial charge is 0.494 e. The van der Waals surface area contributed by atoms with E-state index in [1.807, 2.05) is 43.3 Å². The second-order valence-electron chi connectivity index (χ2n) is 6.62. The summed E-state index contributed by atoms with van der Waals surface area (Å²) in [6.07, 6.45) is 0.218. The molecule has 0 spiro atoms. The van der Waals surface area contributed by atoms with Gasteiger partial charge in [0.2, 0.25) is 15.9 Å². The normalized spacial score (nSPS) is 12.2. The molecule has 0 saturated heterocycles. The molecule has 0 aliphatic carbocycles. The smallest absolute Gasteiger partial charge is 0.242 e. The predicted molar refractivity (Wildman–Crippen MR) is 117 cm³/mol. The molecular formula is C23H24N2O4S. The molecule has 3 aromatic carbocycles. The molecule has 0 heterocycles.